The third-order valence-electron chi connectivity index (χ3n) is 4.32. The van der Waals surface area contributed by atoms with E-state index >= 15 is 0 Å². The van der Waals surface area contributed by atoms with Gasteiger partial charge in [-0.2, -0.15) is 0 Å². The summed E-state index contributed by atoms with van der Waals surface area (Å²) in [5, 5.41) is 3.32. The largest absolute Gasteiger partial charge is 0.385 e. The summed E-state index contributed by atoms with van der Waals surface area (Å²) in [6.45, 7) is 2.51. The van der Waals surface area contributed by atoms with Gasteiger partial charge in [0.2, 0.25) is 5.91 Å². The fourth-order valence-corrected chi connectivity index (χ4v) is 3.41. The van der Waals surface area contributed by atoms with Crippen molar-refractivity contribution in [2.24, 2.45) is 5.92 Å². The standard InChI is InChI=1S/C17H25BrN2O2/c1-20(16-6-8-19-12-16)17(21)14(7-9-22-2)10-13-4-3-5-15(18)11-13/h3-5,11,14,16,19H,6-10,12H2,1-2H3. The molecule has 0 bridgehead atoms. The molecular formula is C17H25BrN2O2. The highest BCUT2D eigenvalue weighted by Gasteiger charge is 2.28. The number of likely N-dealkylation sites (N-methyl/N-ethyl adjacent to an activating group) is 1. The minimum Gasteiger partial charge on any atom is -0.385 e. The highest BCUT2D eigenvalue weighted by atomic mass is 79.9. The Morgan fingerprint density at radius 1 is 1.55 bits per heavy atom. The predicted octanol–water partition coefficient (Wildman–Crippen LogP) is 2.46. The average Bonchev–Trinajstić information content (AvgIpc) is 3.04. The molecule has 1 saturated heterocycles. The molecule has 122 valence electrons. The van der Waals surface area contributed by atoms with Crippen molar-refractivity contribution in [1.29, 1.82) is 0 Å². The molecule has 0 radical (unpaired) electrons. The van der Waals surface area contributed by atoms with E-state index in [-0.39, 0.29) is 11.8 Å². The van der Waals surface area contributed by atoms with Crippen molar-refractivity contribution in [1.82, 2.24) is 10.2 Å². The van der Waals surface area contributed by atoms with Crippen LogP contribution in [0.5, 0.6) is 0 Å². The van der Waals surface area contributed by atoms with Gasteiger partial charge in [0.1, 0.15) is 0 Å². The molecule has 1 aromatic rings. The summed E-state index contributed by atoms with van der Waals surface area (Å²) < 4.78 is 6.25. The third kappa shape index (κ3) is 4.80. The molecule has 2 unspecified atom stereocenters. The Bertz CT molecular complexity index is 489. The Morgan fingerprint density at radius 3 is 3.00 bits per heavy atom. The second kappa shape index (κ2) is 8.65. The molecule has 1 N–H and O–H groups in total. The van der Waals surface area contributed by atoms with Gasteiger partial charge in [-0.1, -0.05) is 28.1 Å². The number of carbonyl (C=O) groups excluding carboxylic acids is 1. The molecule has 2 atom stereocenters. The smallest absolute Gasteiger partial charge is 0.226 e. The van der Waals surface area contributed by atoms with Crippen LogP contribution in [0.2, 0.25) is 0 Å². The summed E-state index contributed by atoms with van der Waals surface area (Å²) in [6.07, 6.45) is 2.55. The van der Waals surface area contributed by atoms with E-state index in [1.54, 1.807) is 7.11 Å². The van der Waals surface area contributed by atoms with Crippen LogP contribution in [0.4, 0.5) is 0 Å². The van der Waals surface area contributed by atoms with Gasteiger partial charge in [-0.05, 0) is 43.5 Å². The van der Waals surface area contributed by atoms with Gasteiger partial charge in [0.25, 0.3) is 0 Å². The minimum absolute atomic E-state index is 0.0279. The zero-order valence-electron chi connectivity index (χ0n) is 13.3. The van der Waals surface area contributed by atoms with Crippen LogP contribution >= 0.6 is 15.9 Å². The van der Waals surface area contributed by atoms with Crippen molar-refractivity contribution in [3.8, 4) is 0 Å². The van der Waals surface area contributed by atoms with Crippen LogP contribution < -0.4 is 5.32 Å². The zero-order valence-corrected chi connectivity index (χ0v) is 14.9. The average molecular weight is 369 g/mol. The number of rotatable bonds is 7. The van der Waals surface area contributed by atoms with Gasteiger partial charge < -0.3 is 15.0 Å². The first-order chi connectivity index (χ1) is 10.6. The van der Waals surface area contributed by atoms with Gasteiger partial charge in [-0.25, -0.2) is 0 Å². The molecule has 4 nitrogen and oxygen atoms in total. The first-order valence-corrected chi connectivity index (χ1v) is 8.62. The van der Waals surface area contributed by atoms with E-state index in [9.17, 15) is 4.79 Å². The lowest BCUT2D eigenvalue weighted by Gasteiger charge is -2.28. The van der Waals surface area contributed by atoms with Crippen molar-refractivity contribution >= 4 is 21.8 Å². The number of ether oxygens (including phenoxy) is 1. The number of methoxy groups -OCH3 is 1. The van der Waals surface area contributed by atoms with Gasteiger partial charge in [0, 0.05) is 43.7 Å². The molecule has 1 aliphatic heterocycles. The molecule has 0 aromatic heterocycles. The maximum Gasteiger partial charge on any atom is 0.226 e. The zero-order chi connectivity index (χ0) is 15.9. The lowest BCUT2D eigenvalue weighted by atomic mass is 9.94. The Balaban J connectivity index is 2.05. The number of benzene rings is 1. The van der Waals surface area contributed by atoms with Crippen LogP contribution in [0, 0.1) is 5.92 Å². The second-order valence-electron chi connectivity index (χ2n) is 5.91. The number of amides is 1. The predicted molar refractivity (Wildman–Crippen MR) is 91.9 cm³/mol. The topological polar surface area (TPSA) is 41.6 Å². The van der Waals surface area contributed by atoms with Crippen LogP contribution in [0.3, 0.4) is 0 Å². The molecule has 1 aliphatic rings. The van der Waals surface area contributed by atoms with Crippen LogP contribution in [-0.2, 0) is 16.0 Å². The molecule has 22 heavy (non-hydrogen) atoms. The molecular weight excluding hydrogens is 344 g/mol. The van der Waals surface area contributed by atoms with Crippen LogP contribution in [0.15, 0.2) is 28.7 Å². The fraction of sp³-hybridized carbons (Fsp3) is 0.588. The van der Waals surface area contributed by atoms with E-state index in [2.05, 4.69) is 33.4 Å². The first kappa shape index (κ1) is 17.4. The summed E-state index contributed by atoms with van der Waals surface area (Å²) in [5.41, 5.74) is 1.18. The Hall–Kier alpha value is -0.910. The maximum atomic E-state index is 12.9. The van der Waals surface area contributed by atoms with Gasteiger partial charge in [-0.15, -0.1) is 0 Å². The van der Waals surface area contributed by atoms with Crippen molar-refractivity contribution in [3.63, 3.8) is 0 Å². The summed E-state index contributed by atoms with van der Waals surface area (Å²) >= 11 is 3.50. The minimum atomic E-state index is -0.0279. The molecule has 5 heteroatoms. The van der Waals surface area contributed by atoms with Crippen LogP contribution in [0.25, 0.3) is 0 Å². The second-order valence-corrected chi connectivity index (χ2v) is 6.82. The summed E-state index contributed by atoms with van der Waals surface area (Å²) in [7, 11) is 3.62. The van der Waals surface area contributed by atoms with Crippen LogP contribution in [-0.4, -0.2) is 50.7 Å². The van der Waals surface area contributed by atoms with E-state index in [1.165, 1.54) is 5.56 Å². The molecule has 0 spiro atoms. The molecule has 1 amide bonds. The van der Waals surface area contributed by atoms with E-state index in [1.807, 2.05) is 24.1 Å². The Labute approximate surface area is 141 Å². The summed E-state index contributed by atoms with van der Waals surface area (Å²) in [6, 6.07) is 8.51. The van der Waals surface area contributed by atoms with Gasteiger partial charge in [0.05, 0.1) is 0 Å². The summed E-state index contributed by atoms with van der Waals surface area (Å²) in [4.78, 5) is 14.8. The van der Waals surface area contributed by atoms with E-state index in [0.29, 0.717) is 12.6 Å². The first-order valence-electron chi connectivity index (χ1n) is 7.82. The van der Waals surface area contributed by atoms with E-state index in [0.717, 1.165) is 36.8 Å². The van der Waals surface area contributed by atoms with Crippen molar-refractivity contribution < 1.29 is 9.53 Å². The van der Waals surface area contributed by atoms with Crippen molar-refractivity contribution in [2.75, 3.05) is 33.9 Å². The number of halogens is 1. The highest BCUT2D eigenvalue weighted by molar-refractivity contribution is 9.10. The highest BCUT2D eigenvalue weighted by Crippen LogP contribution is 2.20. The molecule has 0 saturated carbocycles. The number of nitrogens with zero attached hydrogens (tertiary/aromatic N) is 1. The van der Waals surface area contributed by atoms with Gasteiger partial charge >= 0.3 is 0 Å². The Kier molecular flexibility index (Phi) is 6.86. The van der Waals surface area contributed by atoms with Crippen LogP contribution in [0.1, 0.15) is 18.4 Å². The monoisotopic (exact) mass is 368 g/mol. The van der Waals surface area contributed by atoms with Crippen molar-refractivity contribution in [2.45, 2.75) is 25.3 Å². The Morgan fingerprint density at radius 2 is 2.36 bits per heavy atom. The summed E-state index contributed by atoms with van der Waals surface area (Å²) in [5.74, 6) is 0.200. The normalized spacial score (nSPS) is 19.1. The SMILES string of the molecule is COCCC(Cc1cccc(Br)c1)C(=O)N(C)C1CCNC1. The van der Waals surface area contributed by atoms with E-state index < -0.39 is 0 Å². The molecule has 2 rings (SSSR count). The maximum absolute atomic E-state index is 12.9. The third-order valence-corrected chi connectivity index (χ3v) is 4.81. The molecule has 1 heterocycles. The fourth-order valence-electron chi connectivity index (χ4n) is 2.96. The lowest BCUT2D eigenvalue weighted by Crippen LogP contribution is -2.42. The molecule has 0 aliphatic carbocycles. The van der Waals surface area contributed by atoms with Crippen molar-refractivity contribution in [3.05, 3.63) is 34.3 Å². The quantitative estimate of drug-likeness (QED) is 0.803. The number of hydrogen-bond acceptors (Lipinski definition) is 3. The molecule has 1 fully saturated rings. The number of nitrogens with one attached hydrogen (secondary N) is 1. The molecule has 1 aromatic carbocycles. The van der Waals surface area contributed by atoms with Gasteiger partial charge in [-0.3, -0.25) is 4.79 Å². The van der Waals surface area contributed by atoms with E-state index in [4.69, 9.17) is 4.74 Å². The lowest BCUT2D eigenvalue weighted by molar-refractivity contribution is -0.136. The number of carbonyl (C=O) groups is 1. The van der Waals surface area contributed by atoms with Gasteiger partial charge in [0.15, 0.2) is 0 Å². The number of hydrogen-bond donors (Lipinski definition) is 1.